The summed E-state index contributed by atoms with van der Waals surface area (Å²) >= 11 is 12.1. The van der Waals surface area contributed by atoms with Crippen LogP contribution in [0.25, 0.3) is 0 Å². The Morgan fingerprint density at radius 1 is 1.30 bits per heavy atom. The van der Waals surface area contributed by atoms with Crippen LogP contribution in [0.4, 0.5) is 0 Å². The lowest BCUT2D eigenvalue weighted by Crippen LogP contribution is -2.42. The van der Waals surface area contributed by atoms with Gasteiger partial charge in [-0.15, -0.1) is 0 Å². The summed E-state index contributed by atoms with van der Waals surface area (Å²) in [6.45, 7) is 5.82. The van der Waals surface area contributed by atoms with Crippen molar-refractivity contribution >= 4 is 33.0 Å². The molecule has 1 aromatic rings. The van der Waals surface area contributed by atoms with Crippen molar-refractivity contribution < 1.29 is 8.42 Å². The monoisotopic (exact) mass is 337 g/mol. The first-order valence-electron chi connectivity index (χ1n) is 6.46. The quantitative estimate of drug-likeness (QED) is 0.857. The summed E-state index contributed by atoms with van der Waals surface area (Å²) in [5.41, 5.74) is 0.933. The number of benzene rings is 1. The van der Waals surface area contributed by atoms with E-state index < -0.39 is 14.6 Å². The highest BCUT2D eigenvalue weighted by molar-refractivity contribution is 7.92. The van der Waals surface area contributed by atoms with Gasteiger partial charge in [-0.1, -0.05) is 36.2 Å². The Hall–Kier alpha value is -0.290. The average Bonchev–Trinajstić information content (AvgIpc) is 2.30. The third kappa shape index (κ3) is 4.35. The summed E-state index contributed by atoms with van der Waals surface area (Å²) in [6, 6.07) is 5.36. The molecule has 0 aliphatic rings. The smallest absolute Gasteiger partial charge is 0.153 e. The molecule has 0 aromatic heterocycles. The molecule has 0 radical (unpaired) electrons. The van der Waals surface area contributed by atoms with E-state index in [4.69, 9.17) is 23.2 Å². The van der Waals surface area contributed by atoms with E-state index in [1.54, 1.807) is 26.0 Å². The summed E-state index contributed by atoms with van der Waals surface area (Å²) < 4.78 is 22.6. The van der Waals surface area contributed by atoms with E-state index in [1.165, 1.54) is 6.26 Å². The van der Waals surface area contributed by atoms with Crippen LogP contribution in [0.2, 0.25) is 10.0 Å². The van der Waals surface area contributed by atoms with Gasteiger partial charge < -0.3 is 5.32 Å². The first-order valence-corrected chi connectivity index (χ1v) is 9.11. The molecule has 0 bridgehead atoms. The molecule has 1 atom stereocenters. The third-order valence-electron chi connectivity index (χ3n) is 3.52. The molecule has 1 rings (SSSR count). The van der Waals surface area contributed by atoms with Crippen molar-refractivity contribution in [3.05, 3.63) is 33.8 Å². The molecule has 0 spiro atoms. The zero-order valence-electron chi connectivity index (χ0n) is 12.2. The van der Waals surface area contributed by atoms with Gasteiger partial charge in [0.15, 0.2) is 9.84 Å². The third-order valence-corrected chi connectivity index (χ3v) is 6.24. The van der Waals surface area contributed by atoms with E-state index in [-0.39, 0.29) is 6.04 Å². The molecule has 0 heterocycles. The van der Waals surface area contributed by atoms with Gasteiger partial charge in [-0.25, -0.2) is 8.42 Å². The van der Waals surface area contributed by atoms with Crippen LogP contribution in [-0.2, 0) is 9.84 Å². The molecule has 0 amide bonds. The summed E-state index contributed by atoms with van der Waals surface area (Å²) in [7, 11) is -3.12. The molecular weight excluding hydrogens is 317 g/mol. The molecule has 114 valence electrons. The molecule has 3 nitrogen and oxygen atoms in total. The predicted octanol–water partition coefficient (Wildman–Crippen LogP) is 3.86. The van der Waals surface area contributed by atoms with E-state index in [9.17, 15) is 8.42 Å². The van der Waals surface area contributed by atoms with Crippen LogP contribution in [-0.4, -0.2) is 26.0 Å². The minimum absolute atomic E-state index is 0.000733. The van der Waals surface area contributed by atoms with Gasteiger partial charge in [-0.3, -0.25) is 0 Å². The first-order chi connectivity index (χ1) is 9.08. The van der Waals surface area contributed by atoms with Crippen molar-refractivity contribution in [3.8, 4) is 0 Å². The topological polar surface area (TPSA) is 46.2 Å². The Bertz CT molecular complexity index is 571. The van der Waals surface area contributed by atoms with Crippen LogP contribution in [0.5, 0.6) is 0 Å². The SMILES string of the molecule is CCC(NCC(C)(C)S(C)(=O)=O)c1ccc(Cl)cc1Cl. The lowest BCUT2D eigenvalue weighted by Gasteiger charge is -2.27. The first kappa shape index (κ1) is 17.8. The van der Waals surface area contributed by atoms with E-state index in [1.807, 2.05) is 13.0 Å². The molecule has 6 heteroatoms. The lowest BCUT2D eigenvalue weighted by molar-refractivity contribution is 0.464. The van der Waals surface area contributed by atoms with Gasteiger partial charge in [0.25, 0.3) is 0 Å². The van der Waals surface area contributed by atoms with Crippen molar-refractivity contribution in [1.29, 1.82) is 0 Å². The molecule has 1 N–H and O–H groups in total. The van der Waals surface area contributed by atoms with Crippen LogP contribution < -0.4 is 5.32 Å². The van der Waals surface area contributed by atoms with E-state index in [0.717, 1.165) is 12.0 Å². The van der Waals surface area contributed by atoms with Crippen molar-refractivity contribution in [2.45, 2.75) is 38.0 Å². The van der Waals surface area contributed by atoms with Crippen LogP contribution in [0, 0.1) is 0 Å². The predicted molar refractivity (Wildman–Crippen MR) is 86.4 cm³/mol. The van der Waals surface area contributed by atoms with Gasteiger partial charge in [0, 0.05) is 28.9 Å². The summed E-state index contributed by atoms with van der Waals surface area (Å²) in [6.07, 6.45) is 2.06. The highest BCUT2D eigenvalue weighted by Crippen LogP contribution is 2.28. The standard InChI is InChI=1S/C14H21Cl2NO2S/c1-5-13(11-7-6-10(15)8-12(11)16)17-9-14(2,3)20(4,18)19/h6-8,13,17H,5,9H2,1-4H3. The molecule has 1 unspecified atom stereocenters. The van der Waals surface area contributed by atoms with Gasteiger partial charge in [-0.2, -0.15) is 0 Å². The molecule has 0 fully saturated rings. The zero-order valence-corrected chi connectivity index (χ0v) is 14.5. The van der Waals surface area contributed by atoms with Gasteiger partial charge in [0.05, 0.1) is 4.75 Å². The van der Waals surface area contributed by atoms with Crippen LogP contribution in [0.3, 0.4) is 0 Å². The fourth-order valence-electron chi connectivity index (χ4n) is 1.76. The number of nitrogens with one attached hydrogen (secondary N) is 1. The molecule has 1 aromatic carbocycles. The Morgan fingerprint density at radius 2 is 1.90 bits per heavy atom. The molecule has 20 heavy (non-hydrogen) atoms. The number of halogens is 2. The fraction of sp³-hybridized carbons (Fsp3) is 0.571. The lowest BCUT2D eigenvalue weighted by atomic mass is 10.0. The second-order valence-corrected chi connectivity index (χ2v) is 9.03. The Balaban J connectivity index is 2.89. The van der Waals surface area contributed by atoms with Crippen LogP contribution in [0.1, 0.15) is 38.8 Å². The second kappa shape index (κ2) is 6.65. The van der Waals surface area contributed by atoms with Gasteiger partial charge >= 0.3 is 0 Å². The minimum atomic E-state index is -3.12. The number of hydrogen-bond donors (Lipinski definition) is 1. The molecule has 0 saturated carbocycles. The molecule has 0 aliphatic carbocycles. The van der Waals surface area contributed by atoms with E-state index in [2.05, 4.69) is 5.32 Å². The number of rotatable bonds is 6. The largest absolute Gasteiger partial charge is 0.308 e. The Kier molecular flexibility index (Phi) is 5.90. The molecule has 0 saturated heterocycles. The summed E-state index contributed by atoms with van der Waals surface area (Å²) in [4.78, 5) is 0. The highest BCUT2D eigenvalue weighted by atomic mass is 35.5. The average molecular weight is 338 g/mol. The second-order valence-electron chi connectivity index (χ2n) is 5.54. The Labute approximate surface area is 131 Å². The van der Waals surface area contributed by atoms with Gasteiger partial charge in [0.2, 0.25) is 0 Å². The van der Waals surface area contributed by atoms with Gasteiger partial charge in [0.1, 0.15) is 0 Å². The van der Waals surface area contributed by atoms with Crippen LogP contribution >= 0.6 is 23.2 Å². The van der Waals surface area contributed by atoms with E-state index >= 15 is 0 Å². The molecule has 0 aliphatic heterocycles. The molecular formula is C14H21Cl2NO2S. The van der Waals surface area contributed by atoms with Crippen molar-refractivity contribution in [2.75, 3.05) is 12.8 Å². The maximum atomic E-state index is 11.7. The maximum absolute atomic E-state index is 11.7. The number of hydrogen-bond acceptors (Lipinski definition) is 3. The van der Waals surface area contributed by atoms with Gasteiger partial charge in [-0.05, 0) is 38.0 Å². The summed E-state index contributed by atoms with van der Waals surface area (Å²) in [5, 5.41) is 4.47. The number of sulfone groups is 1. The van der Waals surface area contributed by atoms with E-state index in [0.29, 0.717) is 16.6 Å². The minimum Gasteiger partial charge on any atom is -0.308 e. The van der Waals surface area contributed by atoms with Crippen molar-refractivity contribution in [1.82, 2.24) is 5.32 Å². The maximum Gasteiger partial charge on any atom is 0.153 e. The van der Waals surface area contributed by atoms with Crippen molar-refractivity contribution in [3.63, 3.8) is 0 Å². The Morgan fingerprint density at radius 3 is 2.35 bits per heavy atom. The summed E-state index contributed by atoms with van der Waals surface area (Å²) in [5.74, 6) is 0. The zero-order chi connectivity index (χ0) is 15.6. The fourth-order valence-corrected chi connectivity index (χ4v) is 2.64. The van der Waals surface area contributed by atoms with Crippen molar-refractivity contribution in [2.24, 2.45) is 0 Å². The highest BCUT2D eigenvalue weighted by Gasteiger charge is 2.30. The normalized spacial score (nSPS) is 14.3. The van der Waals surface area contributed by atoms with Crippen LogP contribution in [0.15, 0.2) is 18.2 Å².